The van der Waals surface area contributed by atoms with Gasteiger partial charge in [0.25, 0.3) is 10.0 Å². The Labute approximate surface area is 141 Å². The van der Waals surface area contributed by atoms with Crippen molar-refractivity contribution in [3.8, 4) is 11.8 Å². The van der Waals surface area contributed by atoms with Crippen LogP contribution in [0.4, 0.5) is 5.69 Å². The van der Waals surface area contributed by atoms with E-state index >= 15 is 0 Å². The minimum absolute atomic E-state index is 0.141. The molecule has 0 spiro atoms. The SMILES string of the molecule is COC(=O)C=CC#Cc1ccc(S(=O)(=O)Nc2ccccc2)cc1. The van der Waals surface area contributed by atoms with E-state index < -0.39 is 16.0 Å². The number of benzene rings is 2. The van der Waals surface area contributed by atoms with Crippen molar-refractivity contribution in [2.45, 2.75) is 4.90 Å². The van der Waals surface area contributed by atoms with Crippen LogP contribution in [0.25, 0.3) is 0 Å². The van der Waals surface area contributed by atoms with Crippen molar-refractivity contribution in [1.82, 2.24) is 0 Å². The Bertz CT molecular complexity index is 890. The average Bonchev–Trinajstić information content (AvgIpc) is 2.59. The molecule has 24 heavy (non-hydrogen) atoms. The van der Waals surface area contributed by atoms with E-state index in [1.54, 1.807) is 42.5 Å². The van der Waals surface area contributed by atoms with Crippen LogP contribution in [0.2, 0.25) is 0 Å². The Kier molecular flexibility index (Phi) is 5.77. The third kappa shape index (κ3) is 5.00. The van der Waals surface area contributed by atoms with Crippen LogP contribution in [0.3, 0.4) is 0 Å². The molecule has 0 aliphatic heterocycles. The highest BCUT2D eigenvalue weighted by molar-refractivity contribution is 7.92. The van der Waals surface area contributed by atoms with Gasteiger partial charge in [-0.25, -0.2) is 13.2 Å². The number of carbonyl (C=O) groups is 1. The number of sulfonamides is 1. The molecule has 0 saturated heterocycles. The zero-order valence-corrected chi connectivity index (χ0v) is 13.7. The van der Waals surface area contributed by atoms with Crippen LogP contribution < -0.4 is 4.72 Å². The minimum Gasteiger partial charge on any atom is -0.466 e. The van der Waals surface area contributed by atoms with Crippen molar-refractivity contribution in [1.29, 1.82) is 0 Å². The number of nitrogens with one attached hydrogen (secondary N) is 1. The molecule has 6 heteroatoms. The van der Waals surface area contributed by atoms with Gasteiger partial charge in [0.15, 0.2) is 0 Å². The zero-order valence-electron chi connectivity index (χ0n) is 12.9. The summed E-state index contributed by atoms with van der Waals surface area (Å²) in [7, 11) is -2.36. The highest BCUT2D eigenvalue weighted by Gasteiger charge is 2.13. The first-order chi connectivity index (χ1) is 11.5. The summed E-state index contributed by atoms with van der Waals surface area (Å²) in [5, 5.41) is 0. The molecule has 0 heterocycles. The van der Waals surface area contributed by atoms with Gasteiger partial charge in [-0.2, -0.15) is 0 Å². The number of rotatable bonds is 4. The Hall–Kier alpha value is -3.04. The lowest BCUT2D eigenvalue weighted by atomic mass is 10.2. The van der Waals surface area contributed by atoms with E-state index in [2.05, 4.69) is 21.3 Å². The van der Waals surface area contributed by atoms with Crippen LogP contribution in [0.5, 0.6) is 0 Å². The van der Waals surface area contributed by atoms with E-state index in [0.717, 1.165) is 0 Å². The van der Waals surface area contributed by atoms with Crippen molar-refractivity contribution in [3.63, 3.8) is 0 Å². The number of carbonyl (C=O) groups excluding carboxylic acids is 1. The lowest BCUT2D eigenvalue weighted by Gasteiger charge is -2.07. The fourth-order valence-corrected chi connectivity index (χ4v) is 2.80. The lowest BCUT2D eigenvalue weighted by Crippen LogP contribution is -2.12. The van der Waals surface area contributed by atoms with E-state index in [0.29, 0.717) is 11.3 Å². The predicted molar refractivity (Wildman–Crippen MR) is 91.7 cm³/mol. The molecule has 0 fully saturated rings. The standard InChI is InChI=1S/C18H15NO4S/c1-23-18(20)10-6-5-7-15-11-13-17(14-12-15)24(21,22)19-16-8-3-2-4-9-16/h2-4,6,8-14,19H,1H3. The van der Waals surface area contributed by atoms with Crippen LogP contribution in [0.15, 0.2) is 71.6 Å². The first-order valence-corrected chi connectivity index (χ1v) is 8.43. The molecular weight excluding hydrogens is 326 g/mol. The highest BCUT2D eigenvalue weighted by Crippen LogP contribution is 2.16. The number of methoxy groups -OCH3 is 1. The van der Waals surface area contributed by atoms with Crippen molar-refractivity contribution in [2.75, 3.05) is 11.8 Å². The van der Waals surface area contributed by atoms with Gasteiger partial charge >= 0.3 is 5.97 Å². The molecule has 0 bridgehead atoms. The molecule has 2 aromatic carbocycles. The van der Waals surface area contributed by atoms with Gasteiger partial charge in [-0.3, -0.25) is 4.72 Å². The Morgan fingerprint density at radius 3 is 2.38 bits per heavy atom. The average molecular weight is 341 g/mol. The summed E-state index contributed by atoms with van der Waals surface area (Å²) in [5.41, 5.74) is 1.12. The predicted octanol–water partition coefficient (Wildman–Crippen LogP) is 2.57. The molecule has 122 valence electrons. The Balaban J connectivity index is 2.10. The molecule has 1 N–H and O–H groups in total. The highest BCUT2D eigenvalue weighted by atomic mass is 32.2. The molecule has 2 aromatic rings. The summed E-state index contributed by atoms with van der Waals surface area (Å²) in [6.45, 7) is 0. The molecule has 2 rings (SSSR count). The molecule has 0 aromatic heterocycles. The smallest absolute Gasteiger partial charge is 0.331 e. The van der Waals surface area contributed by atoms with Gasteiger partial charge < -0.3 is 4.74 Å². The number of esters is 1. The molecular formula is C18H15NO4S. The number of para-hydroxylation sites is 1. The Morgan fingerprint density at radius 2 is 1.75 bits per heavy atom. The Morgan fingerprint density at radius 1 is 1.08 bits per heavy atom. The van der Waals surface area contributed by atoms with Gasteiger partial charge in [-0.05, 0) is 42.5 Å². The normalized spacial score (nSPS) is 10.7. The fourth-order valence-electron chi connectivity index (χ4n) is 1.74. The van der Waals surface area contributed by atoms with E-state index in [-0.39, 0.29) is 4.90 Å². The summed E-state index contributed by atoms with van der Waals surface area (Å²) in [6.07, 6.45) is 2.57. The quantitative estimate of drug-likeness (QED) is 0.527. The van der Waals surface area contributed by atoms with Crippen LogP contribution in [0, 0.1) is 11.8 Å². The van der Waals surface area contributed by atoms with Gasteiger partial charge in [0.2, 0.25) is 0 Å². The second-order valence-corrected chi connectivity index (χ2v) is 6.30. The van der Waals surface area contributed by atoms with Gasteiger partial charge in [-0.15, -0.1) is 0 Å². The molecule has 0 aliphatic rings. The van der Waals surface area contributed by atoms with Crippen molar-refractivity contribution in [2.24, 2.45) is 0 Å². The summed E-state index contributed by atoms with van der Waals surface area (Å²) >= 11 is 0. The third-order valence-corrected chi connectivity index (χ3v) is 4.31. The molecule has 5 nitrogen and oxygen atoms in total. The molecule has 0 atom stereocenters. The summed E-state index contributed by atoms with van der Waals surface area (Å²) in [5.74, 6) is 4.97. The maximum Gasteiger partial charge on any atom is 0.331 e. The molecule has 0 radical (unpaired) electrons. The van der Waals surface area contributed by atoms with Crippen LogP contribution in [-0.2, 0) is 19.6 Å². The monoisotopic (exact) mass is 341 g/mol. The number of anilines is 1. The van der Waals surface area contributed by atoms with Crippen molar-refractivity contribution < 1.29 is 17.9 Å². The molecule has 0 aliphatic carbocycles. The van der Waals surface area contributed by atoms with Gasteiger partial charge in [-0.1, -0.05) is 30.0 Å². The maximum absolute atomic E-state index is 12.3. The second kappa shape index (κ2) is 7.99. The zero-order chi connectivity index (χ0) is 17.4. The van der Waals surface area contributed by atoms with E-state index in [1.165, 1.54) is 31.4 Å². The number of ether oxygens (including phenoxy) is 1. The van der Waals surface area contributed by atoms with E-state index in [1.807, 2.05) is 0 Å². The van der Waals surface area contributed by atoms with Crippen LogP contribution in [0.1, 0.15) is 5.56 Å². The third-order valence-electron chi connectivity index (χ3n) is 2.91. The summed E-state index contributed by atoms with van der Waals surface area (Å²) in [6, 6.07) is 14.8. The van der Waals surface area contributed by atoms with Crippen molar-refractivity contribution >= 4 is 21.7 Å². The topological polar surface area (TPSA) is 72.5 Å². The van der Waals surface area contributed by atoms with Crippen LogP contribution >= 0.6 is 0 Å². The van der Waals surface area contributed by atoms with Crippen LogP contribution in [-0.4, -0.2) is 21.5 Å². The molecule has 0 saturated carbocycles. The fraction of sp³-hybridized carbons (Fsp3) is 0.0556. The summed E-state index contributed by atoms with van der Waals surface area (Å²) < 4.78 is 31.5. The minimum atomic E-state index is -3.64. The number of hydrogen-bond donors (Lipinski definition) is 1. The van der Waals surface area contributed by atoms with E-state index in [9.17, 15) is 13.2 Å². The first kappa shape index (κ1) is 17.3. The molecule has 0 amide bonds. The number of hydrogen-bond acceptors (Lipinski definition) is 4. The molecule has 0 unspecified atom stereocenters. The maximum atomic E-state index is 12.3. The van der Waals surface area contributed by atoms with E-state index in [4.69, 9.17) is 0 Å². The number of allylic oxidation sites excluding steroid dienone is 1. The summed E-state index contributed by atoms with van der Waals surface area (Å²) in [4.78, 5) is 11.0. The van der Waals surface area contributed by atoms with Gasteiger partial charge in [0.1, 0.15) is 0 Å². The largest absolute Gasteiger partial charge is 0.466 e. The lowest BCUT2D eigenvalue weighted by molar-refractivity contribution is -0.134. The van der Waals surface area contributed by atoms with Gasteiger partial charge in [0, 0.05) is 17.3 Å². The van der Waals surface area contributed by atoms with Crippen molar-refractivity contribution in [3.05, 3.63) is 72.3 Å². The van der Waals surface area contributed by atoms with Gasteiger partial charge in [0.05, 0.1) is 12.0 Å². The second-order valence-electron chi connectivity index (χ2n) is 4.62. The first-order valence-electron chi connectivity index (χ1n) is 6.95.